The molecule has 1 aromatic carbocycles. The zero-order chi connectivity index (χ0) is 16.1. The van der Waals surface area contributed by atoms with Crippen LogP contribution in [0, 0.1) is 11.8 Å². The van der Waals surface area contributed by atoms with Crippen molar-refractivity contribution in [2.45, 2.75) is 38.0 Å². The molecular weight excluding hydrogens is 290 g/mol. The Kier molecular flexibility index (Phi) is 5.55. The van der Waals surface area contributed by atoms with Gasteiger partial charge in [0.25, 0.3) is 0 Å². The van der Waals surface area contributed by atoms with Crippen molar-refractivity contribution < 1.29 is 14.3 Å². The summed E-state index contributed by atoms with van der Waals surface area (Å²) in [6, 6.07) is 8.27. The summed E-state index contributed by atoms with van der Waals surface area (Å²) in [4.78, 5) is 11.7. The van der Waals surface area contributed by atoms with E-state index in [4.69, 9.17) is 9.47 Å². The van der Waals surface area contributed by atoms with Gasteiger partial charge >= 0.3 is 5.97 Å². The minimum atomic E-state index is -0.123. The van der Waals surface area contributed by atoms with Crippen LogP contribution < -0.4 is 10.1 Å². The van der Waals surface area contributed by atoms with Gasteiger partial charge in [0.15, 0.2) is 0 Å². The van der Waals surface area contributed by atoms with E-state index in [1.807, 2.05) is 12.1 Å². The molecule has 1 aliphatic carbocycles. The van der Waals surface area contributed by atoms with Gasteiger partial charge in [-0.3, -0.25) is 4.79 Å². The lowest BCUT2D eigenvalue weighted by molar-refractivity contribution is -0.141. The maximum absolute atomic E-state index is 11.7. The van der Waals surface area contributed by atoms with Crippen molar-refractivity contribution in [2.24, 2.45) is 11.8 Å². The van der Waals surface area contributed by atoms with Crippen molar-refractivity contribution in [3.8, 4) is 5.75 Å². The predicted molar refractivity (Wildman–Crippen MR) is 89.6 cm³/mol. The van der Waals surface area contributed by atoms with E-state index >= 15 is 0 Å². The predicted octanol–water partition coefficient (Wildman–Crippen LogP) is 3.12. The molecule has 2 aliphatic rings. The molecular formula is C19H27NO3. The van der Waals surface area contributed by atoms with Crippen molar-refractivity contribution in [1.82, 2.24) is 5.32 Å². The van der Waals surface area contributed by atoms with E-state index in [2.05, 4.69) is 17.4 Å². The third kappa shape index (κ3) is 4.71. The van der Waals surface area contributed by atoms with Gasteiger partial charge < -0.3 is 14.8 Å². The molecule has 0 aromatic heterocycles. The molecule has 2 atom stereocenters. The number of ether oxygens (including phenoxy) is 2. The van der Waals surface area contributed by atoms with Crippen LogP contribution in [0.2, 0.25) is 0 Å². The van der Waals surface area contributed by atoms with Gasteiger partial charge in [0.05, 0.1) is 20.1 Å². The lowest BCUT2D eigenvalue weighted by Crippen LogP contribution is -2.12. The first-order valence-electron chi connectivity index (χ1n) is 8.76. The molecule has 4 heteroatoms. The normalized spacial score (nSPS) is 21.9. The molecule has 1 aromatic rings. The van der Waals surface area contributed by atoms with E-state index in [1.165, 1.54) is 31.9 Å². The van der Waals surface area contributed by atoms with Gasteiger partial charge in [-0.15, -0.1) is 0 Å². The zero-order valence-electron chi connectivity index (χ0n) is 13.9. The van der Waals surface area contributed by atoms with Gasteiger partial charge in [0.1, 0.15) is 5.75 Å². The Morgan fingerprint density at radius 2 is 2.22 bits per heavy atom. The first-order chi connectivity index (χ1) is 11.3. The fraction of sp³-hybridized carbons (Fsp3) is 0.632. The molecule has 1 unspecified atom stereocenters. The standard InChI is InChI=1S/C19H27NO3/c1-22-19(21)12-18(15-5-6-15)16-3-2-4-17(11-16)23-10-8-14-7-9-20-13-14/h2-4,11,14-15,18,20H,5-10,12-13H2,1H3/t14?,18-/m0/s1. The molecule has 0 spiro atoms. The van der Waals surface area contributed by atoms with Crippen LogP contribution in [0.3, 0.4) is 0 Å². The van der Waals surface area contributed by atoms with Crippen LogP contribution in [-0.2, 0) is 9.53 Å². The lowest BCUT2D eigenvalue weighted by atomic mass is 9.91. The molecule has 23 heavy (non-hydrogen) atoms. The molecule has 126 valence electrons. The van der Waals surface area contributed by atoms with Gasteiger partial charge in [-0.1, -0.05) is 12.1 Å². The number of esters is 1. The molecule has 1 saturated heterocycles. The maximum atomic E-state index is 11.7. The second kappa shape index (κ2) is 7.82. The van der Waals surface area contributed by atoms with Crippen molar-refractivity contribution >= 4 is 5.97 Å². The number of hydrogen-bond acceptors (Lipinski definition) is 4. The van der Waals surface area contributed by atoms with Crippen molar-refractivity contribution in [2.75, 3.05) is 26.8 Å². The summed E-state index contributed by atoms with van der Waals surface area (Å²) in [5.41, 5.74) is 1.21. The Morgan fingerprint density at radius 3 is 2.91 bits per heavy atom. The third-order valence-corrected chi connectivity index (χ3v) is 5.05. The number of hydrogen-bond donors (Lipinski definition) is 1. The number of benzene rings is 1. The van der Waals surface area contributed by atoms with Gasteiger partial charge in [-0.2, -0.15) is 0 Å². The van der Waals surface area contributed by atoms with Crippen LogP contribution in [0.4, 0.5) is 0 Å². The highest BCUT2D eigenvalue weighted by Crippen LogP contribution is 2.45. The van der Waals surface area contributed by atoms with E-state index in [1.54, 1.807) is 0 Å². The fourth-order valence-corrected chi connectivity index (χ4v) is 3.46. The Bertz CT molecular complexity index is 521. The molecule has 2 fully saturated rings. The van der Waals surface area contributed by atoms with Crippen molar-refractivity contribution in [3.05, 3.63) is 29.8 Å². The average Bonchev–Trinajstić information content (AvgIpc) is 3.28. The minimum absolute atomic E-state index is 0.123. The summed E-state index contributed by atoms with van der Waals surface area (Å²) in [7, 11) is 1.46. The van der Waals surface area contributed by atoms with E-state index < -0.39 is 0 Å². The molecule has 3 rings (SSSR count). The highest BCUT2D eigenvalue weighted by atomic mass is 16.5. The van der Waals surface area contributed by atoms with Gasteiger partial charge in [-0.05, 0) is 74.2 Å². The van der Waals surface area contributed by atoms with Crippen LogP contribution >= 0.6 is 0 Å². The Hall–Kier alpha value is -1.55. The second-order valence-corrected chi connectivity index (χ2v) is 6.79. The first kappa shape index (κ1) is 16.3. The molecule has 1 saturated carbocycles. The highest BCUT2D eigenvalue weighted by molar-refractivity contribution is 5.70. The summed E-state index contributed by atoms with van der Waals surface area (Å²) in [5, 5.41) is 3.39. The van der Waals surface area contributed by atoms with Crippen LogP contribution in [0.1, 0.15) is 43.6 Å². The summed E-state index contributed by atoms with van der Waals surface area (Å²) < 4.78 is 10.8. The number of rotatable bonds is 8. The summed E-state index contributed by atoms with van der Waals surface area (Å²) in [5.74, 6) is 2.43. The van der Waals surface area contributed by atoms with Crippen LogP contribution in [-0.4, -0.2) is 32.8 Å². The molecule has 1 N–H and O–H groups in total. The van der Waals surface area contributed by atoms with Gasteiger partial charge in [0.2, 0.25) is 0 Å². The van der Waals surface area contributed by atoms with Gasteiger partial charge in [-0.25, -0.2) is 0 Å². The molecule has 4 nitrogen and oxygen atoms in total. The molecule has 1 heterocycles. The largest absolute Gasteiger partial charge is 0.494 e. The Labute approximate surface area is 138 Å². The highest BCUT2D eigenvalue weighted by Gasteiger charge is 2.34. The van der Waals surface area contributed by atoms with Gasteiger partial charge in [0, 0.05) is 0 Å². The van der Waals surface area contributed by atoms with Crippen LogP contribution in [0.15, 0.2) is 24.3 Å². The topological polar surface area (TPSA) is 47.6 Å². The quantitative estimate of drug-likeness (QED) is 0.748. The number of methoxy groups -OCH3 is 1. The average molecular weight is 317 g/mol. The zero-order valence-corrected chi connectivity index (χ0v) is 13.9. The summed E-state index contributed by atoms with van der Waals surface area (Å²) >= 11 is 0. The molecule has 0 bridgehead atoms. The number of nitrogens with one attached hydrogen (secondary N) is 1. The number of carbonyl (C=O) groups excluding carboxylic acids is 1. The van der Waals surface area contributed by atoms with E-state index in [9.17, 15) is 4.79 Å². The monoisotopic (exact) mass is 317 g/mol. The van der Waals surface area contributed by atoms with Crippen LogP contribution in [0.5, 0.6) is 5.75 Å². The molecule has 0 radical (unpaired) electrons. The molecule has 0 amide bonds. The van der Waals surface area contributed by atoms with Crippen molar-refractivity contribution in [1.29, 1.82) is 0 Å². The lowest BCUT2D eigenvalue weighted by Gasteiger charge is -2.17. The smallest absolute Gasteiger partial charge is 0.306 e. The molecule has 1 aliphatic heterocycles. The summed E-state index contributed by atoms with van der Waals surface area (Å²) in [6.45, 7) is 3.02. The fourth-order valence-electron chi connectivity index (χ4n) is 3.46. The minimum Gasteiger partial charge on any atom is -0.494 e. The van der Waals surface area contributed by atoms with E-state index in [0.29, 0.717) is 12.3 Å². The third-order valence-electron chi connectivity index (χ3n) is 5.05. The van der Waals surface area contributed by atoms with E-state index in [-0.39, 0.29) is 11.9 Å². The first-order valence-corrected chi connectivity index (χ1v) is 8.76. The number of carbonyl (C=O) groups is 1. The maximum Gasteiger partial charge on any atom is 0.306 e. The van der Waals surface area contributed by atoms with E-state index in [0.717, 1.165) is 37.8 Å². The second-order valence-electron chi connectivity index (χ2n) is 6.79. The Morgan fingerprint density at radius 1 is 1.35 bits per heavy atom. The summed E-state index contributed by atoms with van der Waals surface area (Å²) in [6.07, 6.45) is 5.25. The van der Waals surface area contributed by atoms with Crippen LogP contribution in [0.25, 0.3) is 0 Å². The van der Waals surface area contributed by atoms with Crippen molar-refractivity contribution in [3.63, 3.8) is 0 Å². The SMILES string of the molecule is COC(=O)C[C@H](c1cccc(OCCC2CCNC2)c1)C1CC1. The Balaban J connectivity index is 1.57.